The SMILES string of the molecule is Cc1csc([C@H]2CCCN2C(=O)c2cc(C(=O)N[C@@H](Cc3ccccc3)[C@H](O)CN(C)c3cncc(C(C)C)c3)cc(-c3cnco3)c2)n1. The minimum absolute atomic E-state index is 0.115. The third-order valence-corrected chi connectivity index (χ3v) is 10.1. The molecule has 10 nitrogen and oxygen atoms in total. The maximum Gasteiger partial charge on any atom is 0.254 e. The second-order valence-corrected chi connectivity index (χ2v) is 13.9. The summed E-state index contributed by atoms with van der Waals surface area (Å²) in [7, 11) is 1.91. The lowest BCUT2D eigenvalue weighted by Crippen LogP contribution is -2.49. The quantitative estimate of drug-likeness (QED) is 0.155. The molecule has 254 valence electrons. The highest BCUT2D eigenvalue weighted by atomic mass is 32.1. The molecule has 4 heterocycles. The number of rotatable bonds is 12. The summed E-state index contributed by atoms with van der Waals surface area (Å²) >= 11 is 1.56. The van der Waals surface area contributed by atoms with Crippen molar-refractivity contribution < 1.29 is 19.1 Å². The fourth-order valence-electron chi connectivity index (χ4n) is 6.23. The van der Waals surface area contributed by atoms with E-state index < -0.39 is 18.1 Å². The summed E-state index contributed by atoms with van der Waals surface area (Å²) in [6.45, 7) is 7.04. The van der Waals surface area contributed by atoms with Crippen LogP contribution in [0.2, 0.25) is 0 Å². The molecular weight excluding hydrogens is 637 g/mol. The fourth-order valence-corrected chi connectivity index (χ4v) is 7.17. The summed E-state index contributed by atoms with van der Waals surface area (Å²) in [5.74, 6) is 0.172. The molecule has 2 amide bonds. The third-order valence-electron chi connectivity index (χ3n) is 8.99. The van der Waals surface area contributed by atoms with Gasteiger partial charge in [0.25, 0.3) is 11.8 Å². The Bertz CT molecular complexity index is 1880. The Morgan fingerprint density at radius 3 is 2.59 bits per heavy atom. The maximum atomic E-state index is 14.1. The largest absolute Gasteiger partial charge is 0.444 e. The molecule has 2 aromatic carbocycles. The molecule has 0 unspecified atom stereocenters. The van der Waals surface area contributed by atoms with Gasteiger partial charge in [0.15, 0.2) is 12.2 Å². The van der Waals surface area contributed by atoms with Crippen molar-refractivity contribution in [2.45, 2.75) is 64.1 Å². The molecule has 0 saturated carbocycles. The number of anilines is 1. The number of aliphatic hydroxyl groups is 1. The van der Waals surface area contributed by atoms with E-state index in [2.05, 4.69) is 40.2 Å². The number of carbonyl (C=O) groups excluding carboxylic acids is 2. The van der Waals surface area contributed by atoms with Crippen molar-refractivity contribution in [3.63, 3.8) is 0 Å². The highest BCUT2D eigenvalue weighted by Crippen LogP contribution is 2.35. The van der Waals surface area contributed by atoms with Gasteiger partial charge in [-0.25, -0.2) is 9.97 Å². The van der Waals surface area contributed by atoms with Crippen molar-refractivity contribution in [1.29, 1.82) is 0 Å². The molecule has 3 atom stereocenters. The van der Waals surface area contributed by atoms with Gasteiger partial charge in [-0.1, -0.05) is 44.2 Å². The van der Waals surface area contributed by atoms with Gasteiger partial charge in [-0.05, 0) is 67.5 Å². The van der Waals surface area contributed by atoms with E-state index >= 15 is 0 Å². The van der Waals surface area contributed by atoms with Crippen LogP contribution < -0.4 is 10.2 Å². The Labute approximate surface area is 290 Å². The minimum atomic E-state index is -0.928. The van der Waals surface area contributed by atoms with Gasteiger partial charge < -0.3 is 24.6 Å². The van der Waals surface area contributed by atoms with Crippen LogP contribution in [0.5, 0.6) is 0 Å². The number of oxazole rings is 1. The standard InChI is InChI=1S/C38H42N6O4S/c1-24(2)30-17-31(19-39-18-30)43(4)21-34(45)32(13-26-9-6-5-7-10-26)42-36(46)28-14-27(35-20-40-23-48-35)15-29(16-28)38(47)44-12-8-11-33(44)37-41-25(3)22-49-37/h5-7,9-10,14-20,22-24,32-34,45H,8,11-13,21H2,1-4H3,(H,42,46)/t32-,33+,34+/m0/s1. The number of amides is 2. The first-order valence-corrected chi connectivity index (χ1v) is 17.5. The smallest absolute Gasteiger partial charge is 0.254 e. The molecule has 49 heavy (non-hydrogen) atoms. The van der Waals surface area contributed by atoms with Crippen molar-refractivity contribution in [3.05, 3.63) is 118 Å². The number of pyridine rings is 1. The topological polar surface area (TPSA) is 125 Å². The van der Waals surface area contributed by atoms with Crippen LogP contribution in [0.4, 0.5) is 5.69 Å². The van der Waals surface area contributed by atoms with Gasteiger partial charge in [-0.2, -0.15) is 0 Å². The second kappa shape index (κ2) is 15.1. The Hall–Kier alpha value is -4.87. The molecule has 0 radical (unpaired) electrons. The van der Waals surface area contributed by atoms with Gasteiger partial charge in [0, 0.05) is 54.1 Å². The normalized spacial score (nSPS) is 15.7. The molecule has 1 saturated heterocycles. The van der Waals surface area contributed by atoms with Crippen LogP contribution in [0.15, 0.2) is 89.4 Å². The first kappa shape index (κ1) is 34.0. The van der Waals surface area contributed by atoms with Crippen LogP contribution in [0.3, 0.4) is 0 Å². The predicted molar refractivity (Wildman–Crippen MR) is 191 cm³/mol. The highest BCUT2D eigenvalue weighted by molar-refractivity contribution is 7.09. The first-order valence-electron chi connectivity index (χ1n) is 16.6. The van der Waals surface area contributed by atoms with E-state index in [-0.39, 0.29) is 24.1 Å². The number of benzene rings is 2. The maximum absolute atomic E-state index is 14.1. The van der Waals surface area contributed by atoms with E-state index in [0.717, 1.165) is 40.4 Å². The summed E-state index contributed by atoms with van der Waals surface area (Å²) in [6.07, 6.45) is 7.69. The fraction of sp³-hybridized carbons (Fsp3) is 0.342. The lowest BCUT2D eigenvalue weighted by Gasteiger charge is -2.29. The number of hydrogen-bond donors (Lipinski definition) is 2. The van der Waals surface area contributed by atoms with Crippen LogP contribution in [0.25, 0.3) is 11.3 Å². The number of likely N-dealkylation sites (tertiary alicyclic amines) is 1. The summed E-state index contributed by atoms with van der Waals surface area (Å²) in [5, 5.41) is 17.7. The van der Waals surface area contributed by atoms with Crippen molar-refractivity contribution in [2.75, 3.05) is 25.0 Å². The number of hydrogen-bond acceptors (Lipinski definition) is 9. The molecule has 0 bridgehead atoms. The van der Waals surface area contributed by atoms with Crippen LogP contribution in [-0.4, -0.2) is 69.1 Å². The number of aromatic nitrogens is 3. The Kier molecular flexibility index (Phi) is 10.5. The predicted octanol–water partition coefficient (Wildman–Crippen LogP) is 6.44. The van der Waals surface area contributed by atoms with Crippen molar-refractivity contribution in [2.24, 2.45) is 0 Å². The first-order chi connectivity index (χ1) is 23.7. The molecule has 11 heteroatoms. The Morgan fingerprint density at radius 2 is 1.88 bits per heavy atom. The number of nitrogens with one attached hydrogen (secondary N) is 1. The Balaban J connectivity index is 1.28. The van der Waals surface area contributed by atoms with Gasteiger partial charge in [0.05, 0.1) is 36.3 Å². The van der Waals surface area contributed by atoms with Gasteiger partial charge in [-0.3, -0.25) is 14.6 Å². The lowest BCUT2D eigenvalue weighted by molar-refractivity contribution is 0.0735. The van der Waals surface area contributed by atoms with E-state index in [1.54, 1.807) is 41.9 Å². The second-order valence-electron chi connectivity index (χ2n) is 13.0. The van der Waals surface area contributed by atoms with Crippen molar-refractivity contribution in [1.82, 2.24) is 25.2 Å². The molecular formula is C38H42N6O4S. The molecule has 2 N–H and O–H groups in total. The number of thiazole rings is 1. The number of aryl methyl sites for hydroxylation is 1. The number of carbonyl (C=O) groups is 2. The van der Waals surface area contributed by atoms with Gasteiger partial charge in [0.1, 0.15) is 5.01 Å². The zero-order chi connectivity index (χ0) is 34.5. The Morgan fingerprint density at radius 1 is 1.08 bits per heavy atom. The molecule has 1 fully saturated rings. The summed E-state index contributed by atoms with van der Waals surface area (Å²) in [4.78, 5) is 45.1. The lowest BCUT2D eigenvalue weighted by atomic mass is 9.98. The third kappa shape index (κ3) is 8.06. The highest BCUT2D eigenvalue weighted by Gasteiger charge is 2.33. The zero-order valence-corrected chi connectivity index (χ0v) is 29.1. The zero-order valence-electron chi connectivity index (χ0n) is 28.2. The minimum Gasteiger partial charge on any atom is -0.444 e. The van der Waals surface area contributed by atoms with Gasteiger partial charge >= 0.3 is 0 Å². The molecule has 5 aromatic rings. The van der Waals surface area contributed by atoms with Crippen molar-refractivity contribution in [3.8, 4) is 11.3 Å². The molecule has 1 aliphatic heterocycles. The summed E-state index contributed by atoms with van der Waals surface area (Å²) in [5.41, 5.74) is 5.11. The molecule has 0 spiro atoms. The van der Waals surface area contributed by atoms with Crippen LogP contribution in [0, 0.1) is 6.92 Å². The average molecular weight is 679 g/mol. The van der Waals surface area contributed by atoms with E-state index in [1.807, 2.05) is 65.7 Å². The molecule has 3 aromatic heterocycles. The number of likely N-dealkylation sites (N-methyl/N-ethyl adjacent to an activating group) is 1. The van der Waals surface area contributed by atoms with E-state index in [1.165, 1.54) is 6.39 Å². The number of nitrogens with zero attached hydrogens (tertiary/aromatic N) is 5. The van der Waals surface area contributed by atoms with E-state index in [0.29, 0.717) is 35.8 Å². The van der Waals surface area contributed by atoms with E-state index in [4.69, 9.17) is 4.42 Å². The van der Waals surface area contributed by atoms with E-state index in [9.17, 15) is 14.7 Å². The van der Waals surface area contributed by atoms with Gasteiger partial charge in [-0.15, -0.1) is 11.3 Å². The summed E-state index contributed by atoms with van der Waals surface area (Å²) < 4.78 is 5.59. The van der Waals surface area contributed by atoms with Gasteiger partial charge in [0.2, 0.25) is 0 Å². The molecule has 1 aliphatic rings. The van der Waals surface area contributed by atoms with Crippen LogP contribution >= 0.6 is 11.3 Å². The van der Waals surface area contributed by atoms with Crippen molar-refractivity contribution >= 4 is 28.8 Å². The molecule has 6 rings (SSSR count). The molecule has 0 aliphatic carbocycles. The van der Waals surface area contributed by atoms with Crippen LogP contribution in [-0.2, 0) is 6.42 Å². The monoisotopic (exact) mass is 678 g/mol. The number of aliphatic hydroxyl groups excluding tert-OH is 1. The van der Waals surface area contributed by atoms with Crippen LogP contribution in [0.1, 0.15) is 81.2 Å². The average Bonchev–Trinajstić information content (AvgIpc) is 3.91. The summed E-state index contributed by atoms with van der Waals surface area (Å²) in [6, 6.07) is 16.1.